The first-order valence-electron chi connectivity index (χ1n) is 7.30. The number of ketones is 1. The van der Waals surface area contributed by atoms with Crippen LogP contribution in [0.1, 0.15) is 35.2 Å². The lowest BCUT2D eigenvalue weighted by Crippen LogP contribution is -2.52. The lowest BCUT2D eigenvalue weighted by atomic mass is 9.82. The Balaban J connectivity index is 1.84. The number of hydrogen-bond donors (Lipinski definition) is 0. The second kappa shape index (κ2) is 5.74. The fourth-order valence-electron chi connectivity index (χ4n) is 3.24. The third kappa shape index (κ3) is 2.70. The van der Waals surface area contributed by atoms with Gasteiger partial charge >= 0.3 is 0 Å². The van der Waals surface area contributed by atoms with E-state index in [1.54, 1.807) is 17.0 Å². The first kappa shape index (κ1) is 15.6. The van der Waals surface area contributed by atoms with E-state index < -0.39 is 5.60 Å². The number of alkyl halides is 1. The van der Waals surface area contributed by atoms with Crippen LogP contribution >= 0.6 is 23.2 Å². The molecular formula is C16H17Cl2NO3. The molecule has 1 aromatic rings. The predicted octanol–water partition coefficient (Wildman–Crippen LogP) is 3.21. The molecule has 0 radical (unpaired) electrons. The molecule has 4 nitrogen and oxygen atoms in total. The monoisotopic (exact) mass is 341 g/mol. The molecule has 2 aliphatic heterocycles. The van der Waals surface area contributed by atoms with E-state index in [0.29, 0.717) is 48.7 Å². The second-order valence-electron chi connectivity index (χ2n) is 6.00. The van der Waals surface area contributed by atoms with Crippen molar-refractivity contribution >= 4 is 34.9 Å². The molecule has 0 aliphatic carbocycles. The molecule has 3 rings (SSSR count). The minimum atomic E-state index is -0.508. The fraction of sp³-hybridized carbons (Fsp3) is 0.500. The van der Waals surface area contributed by atoms with Crippen LogP contribution < -0.4 is 4.74 Å². The molecule has 0 aromatic heterocycles. The zero-order chi connectivity index (χ0) is 15.9. The number of benzene rings is 1. The van der Waals surface area contributed by atoms with Gasteiger partial charge in [-0.3, -0.25) is 9.59 Å². The summed E-state index contributed by atoms with van der Waals surface area (Å²) < 4.78 is 6.23. The summed E-state index contributed by atoms with van der Waals surface area (Å²) in [6, 6.07) is 3.48. The van der Waals surface area contributed by atoms with E-state index in [2.05, 4.69) is 0 Å². The summed E-state index contributed by atoms with van der Waals surface area (Å²) in [4.78, 5) is 25.9. The lowest BCUT2D eigenvalue weighted by Gasteiger charge is -2.44. The third-order valence-electron chi connectivity index (χ3n) is 4.48. The van der Waals surface area contributed by atoms with Crippen LogP contribution in [0.25, 0.3) is 0 Å². The summed E-state index contributed by atoms with van der Waals surface area (Å²) in [5, 5.41) is 0.548. The molecule has 118 valence electrons. The van der Waals surface area contributed by atoms with Crippen molar-refractivity contribution in [2.45, 2.75) is 31.8 Å². The Bertz CT molecular complexity index is 637. The number of carbonyl (C=O) groups is 2. The Morgan fingerprint density at radius 3 is 2.68 bits per heavy atom. The number of likely N-dealkylation sites (tertiary alicyclic amines) is 1. The Morgan fingerprint density at radius 2 is 2.05 bits per heavy atom. The van der Waals surface area contributed by atoms with E-state index in [0.717, 1.165) is 5.56 Å². The topological polar surface area (TPSA) is 46.6 Å². The van der Waals surface area contributed by atoms with Crippen LogP contribution in [-0.4, -0.2) is 41.2 Å². The highest BCUT2D eigenvalue weighted by molar-refractivity contribution is 6.31. The van der Waals surface area contributed by atoms with Gasteiger partial charge in [0.2, 0.25) is 5.91 Å². The maximum absolute atomic E-state index is 12.5. The van der Waals surface area contributed by atoms with Gasteiger partial charge in [-0.2, -0.15) is 0 Å². The largest absolute Gasteiger partial charge is 0.486 e. The van der Waals surface area contributed by atoms with Crippen LogP contribution in [0.4, 0.5) is 0 Å². The van der Waals surface area contributed by atoms with Gasteiger partial charge in [-0.05, 0) is 24.6 Å². The Morgan fingerprint density at radius 1 is 1.36 bits per heavy atom. The third-order valence-corrected chi connectivity index (χ3v) is 4.93. The van der Waals surface area contributed by atoms with E-state index in [1.165, 1.54) is 0 Å². The molecule has 22 heavy (non-hydrogen) atoms. The van der Waals surface area contributed by atoms with Crippen LogP contribution in [0.2, 0.25) is 5.02 Å². The molecule has 0 bridgehead atoms. The summed E-state index contributed by atoms with van der Waals surface area (Å²) in [5.74, 6) is 0.622. The average molecular weight is 342 g/mol. The number of carbonyl (C=O) groups excluding carboxylic acids is 2. The maximum Gasteiger partial charge on any atom is 0.237 e. The molecule has 0 unspecified atom stereocenters. The van der Waals surface area contributed by atoms with E-state index in [1.807, 2.05) is 6.92 Å². The van der Waals surface area contributed by atoms with Gasteiger partial charge < -0.3 is 9.64 Å². The van der Waals surface area contributed by atoms with Gasteiger partial charge in [-0.25, -0.2) is 0 Å². The van der Waals surface area contributed by atoms with Gasteiger partial charge in [0.05, 0.1) is 12.0 Å². The molecule has 6 heteroatoms. The molecule has 0 N–H and O–H groups in total. The van der Waals surface area contributed by atoms with Crippen LogP contribution in [0, 0.1) is 6.92 Å². The predicted molar refractivity (Wildman–Crippen MR) is 85.0 cm³/mol. The smallest absolute Gasteiger partial charge is 0.237 e. The number of nitrogens with zero attached hydrogens (tertiary/aromatic N) is 1. The van der Waals surface area contributed by atoms with Crippen LogP contribution in [-0.2, 0) is 4.79 Å². The number of aryl methyl sites for hydroxylation is 1. The average Bonchev–Trinajstić information content (AvgIpc) is 2.49. The quantitative estimate of drug-likeness (QED) is 0.737. The highest BCUT2D eigenvalue weighted by Crippen LogP contribution is 2.42. The number of Topliss-reactive ketones (excluding diaryl/α,β-unsaturated/α-hetero) is 1. The summed E-state index contributed by atoms with van der Waals surface area (Å²) in [6.07, 6.45) is 1.62. The number of amides is 1. The molecule has 2 aliphatic rings. The number of ether oxygens (including phenoxy) is 1. The Hall–Kier alpha value is -1.26. The van der Waals surface area contributed by atoms with E-state index in [-0.39, 0.29) is 17.6 Å². The van der Waals surface area contributed by atoms with Gasteiger partial charge in [0, 0.05) is 31.0 Å². The molecular weight excluding hydrogens is 325 g/mol. The van der Waals surface area contributed by atoms with Crippen LogP contribution in [0.3, 0.4) is 0 Å². The molecule has 0 atom stereocenters. The molecule has 1 fully saturated rings. The van der Waals surface area contributed by atoms with Crippen LogP contribution in [0.15, 0.2) is 12.1 Å². The summed E-state index contributed by atoms with van der Waals surface area (Å²) in [6.45, 7) is 3.03. The van der Waals surface area contributed by atoms with Gasteiger partial charge in [0.25, 0.3) is 0 Å². The van der Waals surface area contributed by atoms with E-state index in [4.69, 9.17) is 27.9 Å². The maximum atomic E-state index is 12.5. The first-order chi connectivity index (χ1) is 10.4. The zero-order valence-corrected chi connectivity index (χ0v) is 13.8. The fourth-order valence-corrected chi connectivity index (χ4v) is 3.68. The minimum Gasteiger partial charge on any atom is -0.486 e. The number of rotatable bonds is 1. The van der Waals surface area contributed by atoms with Crippen molar-refractivity contribution in [3.63, 3.8) is 0 Å². The van der Waals surface area contributed by atoms with Gasteiger partial charge in [0.15, 0.2) is 5.78 Å². The number of halogens is 2. The van der Waals surface area contributed by atoms with Gasteiger partial charge in [-0.15, -0.1) is 11.6 Å². The number of hydrogen-bond acceptors (Lipinski definition) is 3. The Kier molecular flexibility index (Phi) is 4.08. The van der Waals surface area contributed by atoms with E-state index >= 15 is 0 Å². The SMILES string of the molecule is Cc1cc(Cl)cc2c1OC1(CCN(C(=O)CCl)CC1)CC2=O. The van der Waals surface area contributed by atoms with Crippen LogP contribution in [0.5, 0.6) is 5.75 Å². The van der Waals surface area contributed by atoms with Crippen molar-refractivity contribution in [1.82, 2.24) is 4.90 Å². The second-order valence-corrected chi connectivity index (χ2v) is 6.70. The lowest BCUT2D eigenvalue weighted by molar-refractivity contribution is -0.132. The highest BCUT2D eigenvalue weighted by Gasteiger charge is 2.44. The van der Waals surface area contributed by atoms with Crippen molar-refractivity contribution in [3.05, 3.63) is 28.3 Å². The molecule has 0 saturated carbocycles. The molecule has 1 aromatic carbocycles. The molecule has 1 amide bonds. The van der Waals surface area contributed by atoms with Crippen molar-refractivity contribution in [1.29, 1.82) is 0 Å². The summed E-state index contributed by atoms with van der Waals surface area (Å²) in [7, 11) is 0. The van der Waals surface area contributed by atoms with E-state index in [9.17, 15) is 9.59 Å². The molecule has 2 heterocycles. The number of fused-ring (bicyclic) bond motifs is 1. The van der Waals surface area contributed by atoms with Gasteiger partial charge in [0.1, 0.15) is 17.2 Å². The Labute approximate surface area is 139 Å². The standard InChI is InChI=1S/C16H17Cl2NO3/c1-10-6-11(18)7-12-13(20)8-16(22-15(10)12)2-4-19(5-3-16)14(21)9-17/h6-7H,2-5,8-9H2,1H3. The normalized spacial score (nSPS) is 19.8. The highest BCUT2D eigenvalue weighted by atomic mass is 35.5. The van der Waals surface area contributed by atoms with Crippen molar-refractivity contribution < 1.29 is 14.3 Å². The number of piperidine rings is 1. The zero-order valence-electron chi connectivity index (χ0n) is 12.3. The summed E-state index contributed by atoms with van der Waals surface area (Å²) in [5.41, 5.74) is 0.926. The van der Waals surface area contributed by atoms with Gasteiger partial charge in [-0.1, -0.05) is 11.6 Å². The van der Waals surface area contributed by atoms with Crippen molar-refractivity contribution in [2.75, 3.05) is 19.0 Å². The molecule has 1 spiro atoms. The minimum absolute atomic E-state index is 0.00672. The van der Waals surface area contributed by atoms with Crippen molar-refractivity contribution in [3.8, 4) is 5.75 Å². The first-order valence-corrected chi connectivity index (χ1v) is 8.21. The summed E-state index contributed by atoms with van der Waals surface area (Å²) >= 11 is 11.6. The van der Waals surface area contributed by atoms with Crippen molar-refractivity contribution in [2.24, 2.45) is 0 Å². The molecule has 1 saturated heterocycles.